The highest BCUT2D eigenvalue weighted by molar-refractivity contribution is 7.09. The molecule has 2 N–H and O–H groups in total. The molecule has 0 bridgehead atoms. The van der Waals surface area contributed by atoms with Crippen LogP contribution in [0.4, 0.5) is 0 Å². The highest BCUT2D eigenvalue weighted by atomic mass is 32.1. The predicted molar refractivity (Wildman–Crippen MR) is 99.2 cm³/mol. The molecule has 0 atom stereocenters. The number of aromatic nitrogens is 1. The molecule has 1 aromatic heterocycles. The Morgan fingerprint density at radius 2 is 1.96 bits per heavy atom. The molecule has 2 aromatic rings. The number of guanidine groups is 1. The summed E-state index contributed by atoms with van der Waals surface area (Å²) in [5.41, 5.74) is 3.81. The molecule has 1 aromatic carbocycles. The number of nitrogens with one attached hydrogen (secondary N) is 2. The maximum absolute atomic E-state index is 4.71. The van der Waals surface area contributed by atoms with E-state index in [-0.39, 0.29) is 0 Å². The summed E-state index contributed by atoms with van der Waals surface area (Å²) in [5.74, 6) is 0.866. The Morgan fingerprint density at radius 3 is 2.61 bits per heavy atom. The van der Waals surface area contributed by atoms with Crippen LogP contribution in [0.25, 0.3) is 0 Å². The van der Waals surface area contributed by atoms with Gasteiger partial charge in [0.05, 0.1) is 17.2 Å². The number of hydrogen-bond acceptors (Lipinski definition) is 3. The summed E-state index contributed by atoms with van der Waals surface area (Å²) in [6, 6.07) is 8.50. The molecule has 0 spiro atoms. The molecule has 0 radical (unpaired) electrons. The molecule has 0 saturated carbocycles. The van der Waals surface area contributed by atoms with E-state index < -0.39 is 0 Å². The zero-order valence-electron chi connectivity index (χ0n) is 14.2. The van der Waals surface area contributed by atoms with E-state index in [1.165, 1.54) is 11.1 Å². The van der Waals surface area contributed by atoms with Crippen LogP contribution in [0.5, 0.6) is 0 Å². The summed E-state index contributed by atoms with van der Waals surface area (Å²) < 4.78 is 0. The minimum absolute atomic E-state index is 0.704. The average Bonchev–Trinajstić information content (AvgIpc) is 2.98. The third-order valence-electron chi connectivity index (χ3n) is 3.59. The quantitative estimate of drug-likeness (QED) is 0.605. The summed E-state index contributed by atoms with van der Waals surface area (Å²) in [5, 5.41) is 9.94. The predicted octanol–water partition coefficient (Wildman–Crippen LogP) is 3.31. The maximum atomic E-state index is 4.71. The number of aryl methyl sites for hydroxylation is 2. The monoisotopic (exact) mass is 330 g/mol. The summed E-state index contributed by atoms with van der Waals surface area (Å²) in [7, 11) is 0. The number of aliphatic imine (C=N–C) groups is 1. The highest BCUT2D eigenvalue weighted by Gasteiger charge is 2.02. The van der Waals surface area contributed by atoms with Crippen molar-refractivity contribution >= 4 is 17.3 Å². The lowest BCUT2D eigenvalue weighted by molar-refractivity contribution is 0.789. The Labute approximate surface area is 143 Å². The van der Waals surface area contributed by atoms with Crippen molar-refractivity contribution in [1.29, 1.82) is 0 Å². The molecular formula is C18H26N4S. The molecule has 4 nitrogen and oxygen atoms in total. The number of benzene rings is 1. The molecular weight excluding hydrogens is 304 g/mol. The zero-order valence-corrected chi connectivity index (χ0v) is 15.0. The molecule has 2 rings (SSSR count). The van der Waals surface area contributed by atoms with Crippen molar-refractivity contribution in [1.82, 2.24) is 15.6 Å². The fourth-order valence-corrected chi connectivity index (χ4v) is 3.04. The third-order valence-corrected chi connectivity index (χ3v) is 4.41. The lowest BCUT2D eigenvalue weighted by Gasteiger charge is -2.11. The Hall–Kier alpha value is -1.88. The largest absolute Gasteiger partial charge is 0.357 e. The molecule has 0 unspecified atom stereocenters. The van der Waals surface area contributed by atoms with Crippen LogP contribution >= 0.6 is 11.3 Å². The van der Waals surface area contributed by atoms with Crippen LogP contribution in [0.3, 0.4) is 0 Å². The van der Waals surface area contributed by atoms with Crippen molar-refractivity contribution in [2.45, 2.75) is 40.2 Å². The smallest absolute Gasteiger partial charge is 0.191 e. The van der Waals surface area contributed by atoms with Crippen molar-refractivity contribution in [3.05, 3.63) is 51.5 Å². The first-order valence-electron chi connectivity index (χ1n) is 8.22. The summed E-state index contributed by atoms with van der Waals surface area (Å²) in [6.07, 6.45) is 1.96. The number of nitrogens with zero attached hydrogens (tertiary/aromatic N) is 2. The molecule has 0 fully saturated rings. The van der Waals surface area contributed by atoms with Gasteiger partial charge >= 0.3 is 0 Å². The summed E-state index contributed by atoms with van der Waals surface area (Å²) >= 11 is 1.70. The molecule has 0 aliphatic rings. The van der Waals surface area contributed by atoms with Crippen LogP contribution in [0.2, 0.25) is 0 Å². The second-order valence-corrected chi connectivity index (χ2v) is 6.41. The molecule has 124 valence electrons. The topological polar surface area (TPSA) is 49.3 Å². The Kier molecular flexibility index (Phi) is 7.07. The van der Waals surface area contributed by atoms with Gasteiger partial charge in [0.15, 0.2) is 5.96 Å². The fourth-order valence-electron chi connectivity index (χ4n) is 2.39. The minimum Gasteiger partial charge on any atom is -0.357 e. The third kappa shape index (κ3) is 5.67. The van der Waals surface area contributed by atoms with Gasteiger partial charge in [-0.15, -0.1) is 11.3 Å². The van der Waals surface area contributed by atoms with Crippen molar-refractivity contribution in [2.75, 3.05) is 13.1 Å². The lowest BCUT2D eigenvalue weighted by Crippen LogP contribution is -2.38. The fraction of sp³-hybridized carbons (Fsp3) is 0.444. The van der Waals surface area contributed by atoms with Crippen LogP contribution < -0.4 is 10.6 Å². The van der Waals surface area contributed by atoms with E-state index in [1.807, 2.05) is 6.92 Å². The SMILES string of the molecule is CCNC(=NCc1ccccc1CC)NCCc1csc(C)n1. The lowest BCUT2D eigenvalue weighted by atomic mass is 10.1. The van der Waals surface area contributed by atoms with Gasteiger partial charge in [-0.1, -0.05) is 31.2 Å². The van der Waals surface area contributed by atoms with Crippen molar-refractivity contribution < 1.29 is 0 Å². The molecule has 0 amide bonds. The first kappa shape index (κ1) is 17.5. The first-order valence-corrected chi connectivity index (χ1v) is 9.10. The second-order valence-electron chi connectivity index (χ2n) is 5.35. The van der Waals surface area contributed by atoms with E-state index in [1.54, 1.807) is 11.3 Å². The molecule has 0 aliphatic carbocycles. The van der Waals surface area contributed by atoms with Crippen molar-refractivity contribution in [3.8, 4) is 0 Å². The maximum Gasteiger partial charge on any atom is 0.191 e. The van der Waals surface area contributed by atoms with Crippen LogP contribution in [-0.4, -0.2) is 24.0 Å². The van der Waals surface area contributed by atoms with Crippen molar-refractivity contribution in [2.24, 2.45) is 4.99 Å². The molecule has 23 heavy (non-hydrogen) atoms. The normalized spacial score (nSPS) is 11.5. The summed E-state index contributed by atoms with van der Waals surface area (Å²) in [6.45, 7) is 8.71. The minimum atomic E-state index is 0.704. The van der Waals surface area contributed by atoms with Gasteiger partial charge in [-0.05, 0) is 31.4 Å². The standard InChI is InChI=1S/C18H26N4S/c1-4-15-8-6-7-9-16(15)12-21-18(19-5-2)20-11-10-17-13-23-14(3)22-17/h6-9,13H,4-5,10-12H2,1-3H3,(H2,19,20,21). The van der Waals surface area contributed by atoms with E-state index in [4.69, 9.17) is 4.99 Å². The zero-order chi connectivity index (χ0) is 16.5. The average molecular weight is 331 g/mol. The highest BCUT2D eigenvalue weighted by Crippen LogP contribution is 2.10. The Bertz CT molecular complexity index is 633. The summed E-state index contributed by atoms with van der Waals surface area (Å²) in [4.78, 5) is 9.19. The van der Waals surface area contributed by atoms with Crippen molar-refractivity contribution in [3.63, 3.8) is 0 Å². The number of thiazole rings is 1. The van der Waals surface area contributed by atoms with E-state index >= 15 is 0 Å². The van der Waals surface area contributed by atoms with E-state index in [9.17, 15) is 0 Å². The van der Waals surface area contributed by atoms with Crippen LogP contribution in [-0.2, 0) is 19.4 Å². The van der Waals surface area contributed by atoms with Gasteiger partial charge in [-0.2, -0.15) is 0 Å². The van der Waals surface area contributed by atoms with Gasteiger partial charge in [0.2, 0.25) is 0 Å². The van der Waals surface area contributed by atoms with Gasteiger partial charge in [0.1, 0.15) is 0 Å². The Balaban J connectivity index is 1.91. The van der Waals surface area contributed by atoms with E-state index in [0.29, 0.717) is 6.54 Å². The molecule has 1 heterocycles. The second kappa shape index (κ2) is 9.30. The van der Waals surface area contributed by atoms with Crippen LogP contribution in [0.15, 0.2) is 34.6 Å². The molecule has 0 aliphatic heterocycles. The first-order chi connectivity index (χ1) is 11.2. The van der Waals surface area contributed by atoms with Gasteiger partial charge in [-0.25, -0.2) is 9.98 Å². The Morgan fingerprint density at radius 1 is 1.17 bits per heavy atom. The molecule has 0 saturated heterocycles. The van der Waals surface area contributed by atoms with Crippen LogP contribution in [0.1, 0.15) is 35.7 Å². The molecule has 5 heteroatoms. The number of hydrogen-bond donors (Lipinski definition) is 2. The van der Waals surface area contributed by atoms with Gasteiger partial charge in [0, 0.05) is 24.9 Å². The van der Waals surface area contributed by atoms with Gasteiger partial charge in [-0.3, -0.25) is 0 Å². The van der Waals surface area contributed by atoms with E-state index in [0.717, 1.165) is 42.6 Å². The van der Waals surface area contributed by atoms with Gasteiger partial charge < -0.3 is 10.6 Å². The number of rotatable bonds is 7. The van der Waals surface area contributed by atoms with E-state index in [2.05, 4.69) is 59.1 Å². The van der Waals surface area contributed by atoms with Gasteiger partial charge in [0.25, 0.3) is 0 Å². The van der Waals surface area contributed by atoms with Crippen LogP contribution in [0, 0.1) is 6.92 Å².